The van der Waals surface area contributed by atoms with Crippen molar-refractivity contribution in [2.75, 3.05) is 58.8 Å². The van der Waals surface area contributed by atoms with Gasteiger partial charge in [-0.2, -0.15) is 0 Å². The maximum absolute atomic E-state index is 14.0. The number of fused-ring (bicyclic) bond motifs is 1. The minimum atomic E-state index is -1.22. The number of aliphatic hydroxyl groups is 1. The summed E-state index contributed by atoms with van der Waals surface area (Å²) in [6.45, 7) is 5.00. The van der Waals surface area contributed by atoms with Crippen molar-refractivity contribution in [2.24, 2.45) is 5.41 Å². The van der Waals surface area contributed by atoms with Crippen molar-refractivity contribution in [3.63, 3.8) is 0 Å². The van der Waals surface area contributed by atoms with Crippen LogP contribution in [0.25, 0.3) is 10.9 Å². The smallest absolute Gasteiger partial charge is 0.249 e. The number of benzene rings is 2. The molecule has 244 valence electrons. The highest BCUT2D eigenvalue weighted by molar-refractivity contribution is 7.99. The van der Waals surface area contributed by atoms with Gasteiger partial charge in [-0.05, 0) is 74.2 Å². The van der Waals surface area contributed by atoms with E-state index in [4.69, 9.17) is 9.47 Å². The second-order valence-corrected chi connectivity index (χ2v) is 12.8. The summed E-state index contributed by atoms with van der Waals surface area (Å²) < 4.78 is 52.1. The molecule has 1 aromatic heterocycles. The monoisotopic (exact) mass is 648 g/mol. The molecule has 1 amide bonds. The molecule has 2 aromatic carbocycles. The average Bonchev–Trinajstić information content (AvgIpc) is 3.06. The average molecular weight is 649 g/mol. The number of morpholine rings is 1. The molecule has 0 bridgehead atoms. The Kier molecular flexibility index (Phi) is 11.2. The van der Waals surface area contributed by atoms with E-state index in [9.17, 15) is 28.3 Å². The molecule has 0 radical (unpaired) electrons. The molecule has 45 heavy (non-hydrogen) atoms. The number of carbonyl (C=O) groups is 1. The molecule has 2 aliphatic rings. The third kappa shape index (κ3) is 7.90. The summed E-state index contributed by atoms with van der Waals surface area (Å²) in [5, 5.41) is 22.2. The van der Waals surface area contributed by atoms with Crippen molar-refractivity contribution in [3.05, 3.63) is 65.1 Å². The summed E-state index contributed by atoms with van der Waals surface area (Å²) in [5.74, 6) is -2.55. The topological polar surface area (TPSA) is 107 Å². The predicted molar refractivity (Wildman–Crippen MR) is 164 cm³/mol. The fraction of sp³-hybridized carbons (Fsp3) is 0.500. The highest BCUT2D eigenvalue weighted by Crippen LogP contribution is 2.41. The molecule has 0 spiro atoms. The fourth-order valence-electron chi connectivity index (χ4n) is 6.27. The molecule has 0 aliphatic carbocycles. The number of nitrogens with one attached hydrogen (secondary N) is 1. The Hall–Kier alpha value is -2.94. The molecule has 2 saturated heterocycles. The number of aliphatic hydroxyl groups excluding tert-OH is 1. The molecule has 3 aromatic rings. The summed E-state index contributed by atoms with van der Waals surface area (Å²) in [5.41, 5.74) is 3.32. The van der Waals surface area contributed by atoms with Gasteiger partial charge in [-0.1, -0.05) is 0 Å². The summed E-state index contributed by atoms with van der Waals surface area (Å²) in [4.78, 5) is 22.0. The molecule has 2 aliphatic heterocycles. The van der Waals surface area contributed by atoms with Gasteiger partial charge in [-0.15, -0.1) is 11.8 Å². The number of hydroxylamine groups is 1. The first-order valence-corrected chi connectivity index (χ1v) is 16.1. The van der Waals surface area contributed by atoms with E-state index in [-0.39, 0.29) is 11.3 Å². The first-order chi connectivity index (χ1) is 21.7. The molecule has 0 unspecified atom stereocenters. The van der Waals surface area contributed by atoms with Crippen molar-refractivity contribution in [1.29, 1.82) is 0 Å². The SMILES string of the molecule is COc1ccc2ncc(CN3CCOCC3)c([C@H](O)CCC3(C(=O)NO)CCN(CCSc4cc(F)cc(F)c4F)CC3)c2c1. The molecule has 9 nitrogen and oxygen atoms in total. The van der Waals surface area contributed by atoms with Crippen LogP contribution in [0, 0.1) is 22.9 Å². The standard InChI is InChI=1S/C32H39F3N4O5S/c1-43-23-2-3-26-24(18-23)29(21(19-36-26)20-39-10-13-44-14-11-39)27(40)4-5-32(31(41)37-42)6-8-38(9-7-32)12-15-45-28-17-22(33)16-25(34)30(28)35/h2-3,16-19,27,40,42H,4-15,20H2,1H3,(H,37,41)/t27-/m1/s1. The van der Waals surface area contributed by atoms with E-state index >= 15 is 0 Å². The lowest BCUT2D eigenvalue weighted by Gasteiger charge is -2.40. The zero-order valence-electron chi connectivity index (χ0n) is 25.2. The summed E-state index contributed by atoms with van der Waals surface area (Å²) >= 11 is 1.04. The predicted octanol–water partition coefficient (Wildman–Crippen LogP) is 4.69. The van der Waals surface area contributed by atoms with E-state index in [0.29, 0.717) is 76.2 Å². The fourth-order valence-corrected chi connectivity index (χ4v) is 7.26. The summed E-state index contributed by atoms with van der Waals surface area (Å²) in [7, 11) is 1.59. The lowest BCUT2D eigenvalue weighted by molar-refractivity contribution is -0.143. The van der Waals surface area contributed by atoms with Crippen LogP contribution in [0.2, 0.25) is 0 Å². The van der Waals surface area contributed by atoms with Crippen LogP contribution in [0.5, 0.6) is 5.75 Å². The number of hydrogen-bond acceptors (Lipinski definition) is 9. The number of ether oxygens (including phenoxy) is 2. The van der Waals surface area contributed by atoms with Gasteiger partial charge in [0.05, 0.1) is 37.4 Å². The second kappa shape index (κ2) is 15.1. The lowest BCUT2D eigenvalue weighted by atomic mass is 9.73. The summed E-state index contributed by atoms with van der Waals surface area (Å²) in [6, 6.07) is 7.06. The number of hydrogen-bond donors (Lipinski definition) is 3. The molecule has 0 saturated carbocycles. The van der Waals surface area contributed by atoms with Crippen molar-refractivity contribution >= 4 is 28.6 Å². The molecule has 3 heterocycles. The number of likely N-dealkylation sites (tertiary alicyclic amines) is 1. The maximum atomic E-state index is 14.0. The van der Waals surface area contributed by atoms with Crippen molar-refractivity contribution in [2.45, 2.75) is 43.2 Å². The third-order valence-corrected chi connectivity index (χ3v) is 9.94. The van der Waals surface area contributed by atoms with Gasteiger partial charge in [0.15, 0.2) is 11.6 Å². The van der Waals surface area contributed by atoms with Gasteiger partial charge in [0.1, 0.15) is 11.6 Å². The van der Waals surface area contributed by atoms with Gasteiger partial charge >= 0.3 is 0 Å². The number of halogens is 3. The molecule has 3 N–H and O–H groups in total. The number of nitrogens with zero attached hydrogens (tertiary/aromatic N) is 3. The van der Waals surface area contributed by atoms with Crippen LogP contribution in [-0.4, -0.2) is 89.8 Å². The van der Waals surface area contributed by atoms with Crippen LogP contribution in [0.1, 0.15) is 42.9 Å². The third-order valence-electron chi connectivity index (χ3n) is 8.95. The molecule has 13 heteroatoms. The zero-order valence-corrected chi connectivity index (χ0v) is 26.1. The molecule has 2 fully saturated rings. The number of methoxy groups -OCH3 is 1. The van der Waals surface area contributed by atoms with Crippen molar-refractivity contribution < 1.29 is 37.8 Å². The Morgan fingerprint density at radius 1 is 1.13 bits per heavy atom. The highest BCUT2D eigenvalue weighted by Gasteiger charge is 2.41. The van der Waals surface area contributed by atoms with Crippen LogP contribution in [0.3, 0.4) is 0 Å². The van der Waals surface area contributed by atoms with Gasteiger partial charge in [0.25, 0.3) is 0 Å². The second-order valence-electron chi connectivity index (χ2n) is 11.6. The zero-order chi connectivity index (χ0) is 32.0. The Labute approximate surface area is 264 Å². The number of carbonyl (C=O) groups excluding carboxylic acids is 1. The van der Waals surface area contributed by atoms with Crippen LogP contribution < -0.4 is 10.2 Å². The van der Waals surface area contributed by atoms with Gasteiger partial charge in [-0.25, -0.2) is 18.7 Å². The van der Waals surface area contributed by atoms with Crippen LogP contribution in [0.15, 0.2) is 41.4 Å². The normalized spacial score (nSPS) is 18.2. The van der Waals surface area contributed by atoms with E-state index in [0.717, 1.165) is 52.9 Å². The molecule has 1 atom stereocenters. The Bertz CT molecular complexity index is 1480. The lowest BCUT2D eigenvalue weighted by Crippen LogP contribution is -2.48. The van der Waals surface area contributed by atoms with E-state index < -0.39 is 34.9 Å². The largest absolute Gasteiger partial charge is 0.497 e. The minimum Gasteiger partial charge on any atom is -0.497 e. The Morgan fingerprint density at radius 3 is 2.60 bits per heavy atom. The van der Waals surface area contributed by atoms with Gasteiger partial charge < -0.3 is 19.5 Å². The Morgan fingerprint density at radius 2 is 1.89 bits per heavy atom. The van der Waals surface area contributed by atoms with Crippen molar-refractivity contribution in [1.82, 2.24) is 20.3 Å². The number of amides is 1. The van der Waals surface area contributed by atoms with Crippen LogP contribution in [0.4, 0.5) is 13.2 Å². The Balaban J connectivity index is 1.27. The van der Waals surface area contributed by atoms with Gasteiger partial charge in [0, 0.05) is 54.5 Å². The molecular weight excluding hydrogens is 609 g/mol. The number of pyridine rings is 1. The van der Waals surface area contributed by atoms with Crippen LogP contribution >= 0.6 is 11.8 Å². The minimum absolute atomic E-state index is 0.0817. The van der Waals surface area contributed by atoms with E-state index in [1.807, 2.05) is 23.7 Å². The van der Waals surface area contributed by atoms with Gasteiger partial charge in [-0.3, -0.25) is 19.9 Å². The quantitative estimate of drug-likeness (QED) is 0.112. The number of aromatic nitrogens is 1. The molecular formula is C32H39F3N4O5S. The van der Waals surface area contributed by atoms with E-state index in [2.05, 4.69) is 14.8 Å². The number of rotatable bonds is 12. The number of thioether (sulfide) groups is 1. The maximum Gasteiger partial charge on any atom is 0.249 e. The summed E-state index contributed by atoms with van der Waals surface area (Å²) in [6.07, 6.45) is 2.39. The highest BCUT2D eigenvalue weighted by atomic mass is 32.2. The van der Waals surface area contributed by atoms with Crippen molar-refractivity contribution in [3.8, 4) is 5.75 Å². The molecule has 5 rings (SSSR count). The van der Waals surface area contributed by atoms with E-state index in [1.54, 1.807) is 13.3 Å². The van der Waals surface area contributed by atoms with Crippen LogP contribution in [-0.2, 0) is 16.1 Å². The van der Waals surface area contributed by atoms with Gasteiger partial charge in [0.2, 0.25) is 5.91 Å². The first kappa shape index (κ1) is 33.4. The number of piperidine rings is 1. The van der Waals surface area contributed by atoms with E-state index in [1.165, 1.54) is 0 Å². The first-order valence-electron chi connectivity index (χ1n) is 15.1.